The zero-order valence-electron chi connectivity index (χ0n) is 12.2. The van der Waals surface area contributed by atoms with Gasteiger partial charge in [0.1, 0.15) is 0 Å². The van der Waals surface area contributed by atoms with Crippen molar-refractivity contribution in [3.05, 3.63) is 30.6 Å². The minimum absolute atomic E-state index is 0.156. The standard InChI is InChI=1S/C16H20N4O/c1-12(21)19-7-2-8-20(10-9-19)16-4-3-15(17)14-11-18-6-5-13(14)16/h3-6,11H,2,7-10,17H2,1H3. The van der Waals surface area contributed by atoms with Crippen molar-refractivity contribution in [1.82, 2.24) is 9.88 Å². The number of fused-ring (bicyclic) bond motifs is 1. The van der Waals surface area contributed by atoms with Crippen molar-refractivity contribution in [2.24, 2.45) is 0 Å². The number of pyridine rings is 1. The highest BCUT2D eigenvalue weighted by atomic mass is 16.2. The molecule has 1 aliphatic heterocycles. The summed E-state index contributed by atoms with van der Waals surface area (Å²) in [5.41, 5.74) is 7.96. The van der Waals surface area contributed by atoms with Crippen LogP contribution in [0.2, 0.25) is 0 Å². The van der Waals surface area contributed by atoms with Gasteiger partial charge in [-0.15, -0.1) is 0 Å². The normalized spacial score (nSPS) is 16.0. The number of amides is 1. The van der Waals surface area contributed by atoms with Crippen LogP contribution < -0.4 is 10.6 Å². The first kappa shape index (κ1) is 13.7. The first-order chi connectivity index (χ1) is 10.2. The lowest BCUT2D eigenvalue weighted by Gasteiger charge is -2.25. The van der Waals surface area contributed by atoms with Crippen molar-refractivity contribution >= 4 is 28.1 Å². The molecule has 0 spiro atoms. The summed E-state index contributed by atoms with van der Waals surface area (Å²) in [5.74, 6) is 0.156. The van der Waals surface area contributed by atoms with E-state index in [2.05, 4.69) is 16.0 Å². The molecule has 1 aliphatic rings. The van der Waals surface area contributed by atoms with Gasteiger partial charge in [-0.05, 0) is 24.6 Å². The van der Waals surface area contributed by atoms with Gasteiger partial charge in [-0.25, -0.2) is 0 Å². The van der Waals surface area contributed by atoms with Crippen molar-refractivity contribution in [3.63, 3.8) is 0 Å². The highest BCUT2D eigenvalue weighted by Gasteiger charge is 2.18. The fourth-order valence-corrected chi connectivity index (χ4v) is 2.95. The molecule has 2 N–H and O–H groups in total. The molecule has 21 heavy (non-hydrogen) atoms. The van der Waals surface area contributed by atoms with E-state index in [1.807, 2.05) is 23.2 Å². The van der Waals surface area contributed by atoms with Crippen LogP contribution >= 0.6 is 0 Å². The first-order valence-electron chi connectivity index (χ1n) is 7.29. The fraction of sp³-hybridized carbons (Fsp3) is 0.375. The van der Waals surface area contributed by atoms with Crippen LogP contribution in [0.1, 0.15) is 13.3 Å². The Morgan fingerprint density at radius 2 is 2.00 bits per heavy atom. The van der Waals surface area contributed by atoms with E-state index in [0.717, 1.165) is 49.1 Å². The molecule has 0 bridgehead atoms. The van der Waals surface area contributed by atoms with Gasteiger partial charge < -0.3 is 15.5 Å². The van der Waals surface area contributed by atoms with Gasteiger partial charge >= 0.3 is 0 Å². The Balaban J connectivity index is 1.94. The second-order valence-electron chi connectivity index (χ2n) is 5.44. The number of anilines is 2. The van der Waals surface area contributed by atoms with Crippen LogP contribution in [0.3, 0.4) is 0 Å². The van der Waals surface area contributed by atoms with E-state index >= 15 is 0 Å². The summed E-state index contributed by atoms with van der Waals surface area (Å²) in [6.45, 7) is 5.04. The fourth-order valence-electron chi connectivity index (χ4n) is 2.95. The van der Waals surface area contributed by atoms with Crippen LogP contribution in [-0.2, 0) is 4.79 Å². The van der Waals surface area contributed by atoms with Gasteiger partial charge in [-0.2, -0.15) is 0 Å². The summed E-state index contributed by atoms with van der Waals surface area (Å²) in [4.78, 5) is 20.0. The number of nitrogen functional groups attached to an aromatic ring is 1. The number of rotatable bonds is 1. The number of carbonyl (C=O) groups is 1. The molecule has 1 fully saturated rings. The minimum Gasteiger partial charge on any atom is -0.398 e. The van der Waals surface area contributed by atoms with Crippen LogP contribution in [0.4, 0.5) is 11.4 Å². The molecular weight excluding hydrogens is 264 g/mol. The zero-order chi connectivity index (χ0) is 14.8. The molecule has 5 heteroatoms. The van der Waals surface area contributed by atoms with Crippen LogP contribution in [0, 0.1) is 0 Å². The molecule has 0 atom stereocenters. The van der Waals surface area contributed by atoms with Crippen LogP contribution in [0.5, 0.6) is 0 Å². The van der Waals surface area contributed by atoms with Crippen molar-refractivity contribution in [3.8, 4) is 0 Å². The Hall–Kier alpha value is -2.30. The first-order valence-corrected chi connectivity index (χ1v) is 7.29. The molecule has 2 heterocycles. The van der Waals surface area contributed by atoms with Gasteiger partial charge in [0.25, 0.3) is 0 Å². The number of aromatic nitrogens is 1. The average Bonchev–Trinajstić information content (AvgIpc) is 2.74. The largest absolute Gasteiger partial charge is 0.398 e. The molecule has 110 valence electrons. The summed E-state index contributed by atoms with van der Waals surface area (Å²) < 4.78 is 0. The SMILES string of the molecule is CC(=O)N1CCCN(c2ccc(N)c3cnccc23)CC1. The van der Waals surface area contributed by atoms with Crippen LogP contribution in [0.25, 0.3) is 10.8 Å². The maximum atomic E-state index is 11.5. The molecule has 0 radical (unpaired) electrons. The number of hydrogen-bond donors (Lipinski definition) is 1. The maximum Gasteiger partial charge on any atom is 0.219 e. The quantitative estimate of drug-likeness (QED) is 0.812. The zero-order valence-corrected chi connectivity index (χ0v) is 12.2. The van der Waals surface area contributed by atoms with Crippen LogP contribution in [-0.4, -0.2) is 42.0 Å². The summed E-state index contributed by atoms with van der Waals surface area (Å²) in [7, 11) is 0. The Bertz CT molecular complexity index is 670. The molecule has 2 aromatic rings. The summed E-state index contributed by atoms with van der Waals surface area (Å²) in [6, 6.07) is 6.02. The third kappa shape index (κ3) is 2.63. The monoisotopic (exact) mass is 284 g/mol. The van der Waals surface area contributed by atoms with Crippen molar-refractivity contribution < 1.29 is 4.79 Å². The third-order valence-corrected chi connectivity index (χ3v) is 4.11. The predicted molar refractivity (Wildman–Crippen MR) is 85.2 cm³/mol. The van der Waals surface area contributed by atoms with Gasteiger partial charge in [0.15, 0.2) is 0 Å². The summed E-state index contributed by atoms with van der Waals surface area (Å²) >= 11 is 0. The van der Waals surface area contributed by atoms with Gasteiger partial charge in [-0.3, -0.25) is 9.78 Å². The topological polar surface area (TPSA) is 62.5 Å². The van der Waals surface area contributed by atoms with Crippen molar-refractivity contribution in [1.29, 1.82) is 0 Å². The molecule has 1 aromatic carbocycles. The molecule has 0 aliphatic carbocycles. The Morgan fingerprint density at radius 1 is 1.14 bits per heavy atom. The lowest BCUT2D eigenvalue weighted by atomic mass is 10.1. The van der Waals surface area contributed by atoms with E-state index in [4.69, 9.17) is 5.73 Å². The second-order valence-corrected chi connectivity index (χ2v) is 5.44. The van der Waals surface area contributed by atoms with Crippen molar-refractivity contribution in [2.45, 2.75) is 13.3 Å². The highest BCUT2D eigenvalue weighted by molar-refractivity contribution is 6.00. The second kappa shape index (κ2) is 5.60. The van der Waals surface area contributed by atoms with Gasteiger partial charge in [0.2, 0.25) is 5.91 Å². The molecule has 3 rings (SSSR count). The maximum absolute atomic E-state index is 11.5. The Morgan fingerprint density at radius 3 is 2.81 bits per heavy atom. The Kier molecular flexibility index (Phi) is 3.64. The summed E-state index contributed by atoms with van der Waals surface area (Å²) in [5, 5.41) is 2.11. The smallest absolute Gasteiger partial charge is 0.219 e. The van der Waals surface area contributed by atoms with Crippen molar-refractivity contribution in [2.75, 3.05) is 36.8 Å². The molecule has 1 amide bonds. The van der Waals surface area contributed by atoms with Gasteiger partial charge in [-0.1, -0.05) is 0 Å². The van der Waals surface area contributed by atoms with Gasteiger partial charge in [0.05, 0.1) is 0 Å². The van der Waals surface area contributed by atoms with E-state index in [1.165, 1.54) is 5.69 Å². The molecule has 1 saturated heterocycles. The van der Waals surface area contributed by atoms with E-state index < -0.39 is 0 Å². The van der Waals surface area contributed by atoms with E-state index in [9.17, 15) is 4.79 Å². The third-order valence-electron chi connectivity index (χ3n) is 4.11. The number of benzene rings is 1. The van der Waals surface area contributed by atoms with E-state index in [0.29, 0.717) is 0 Å². The van der Waals surface area contributed by atoms with Crippen LogP contribution in [0.15, 0.2) is 30.6 Å². The molecular formula is C16H20N4O. The molecule has 1 aromatic heterocycles. The number of hydrogen-bond acceptors (Lipinski definition) is 4. The van der Waals surface area contributed by atoms with E-state index in [1.54, 1.807) is 13.1 Å². The number of nitrogens with two attached hydrogens (primary N) is 1. The number of nitrogens with zero attached hydrogens (tertiary/aromatic N) is 3. The summed E-state index contributed by atoms with van der Waals surface area (Å²) in [6.07, 6.45) is 4.59. The predicted octanol–water partition coefficient (Wildman–Crippen LogP) is 1.88. The highest BCUT2D eigenvalue weighted by Crippen LogP contribution is 2.30. The minimum atomic E-state index is 0.156. The molecule has 0 saturated carbocycles. The van der Waals surface area contributed by atoms with Gasteiger partial charge in [0, 0.05) is 67.6 Å². The lowest BCUT2D eigenvalue weighted by Crippen LogP contribution is -2.33. The lowest BCUT2D eigenvalue weighted by molar-refractivity contribution is -0.128. The van der Waals surface area contributed by atoms with E-state index in [-0.39, 0.29) is 5.91 Å². The molecule has 5 nitrogen and oxygen atoms in total. The average molecular weight is 284 g/mol. The number of carbonyl (C=O) groups excluding carboxylic acids is 1. The Labute approximate surface area is 124 Å². The molecule has 0 unspecified atom stereocenters.